The van der Waals surface area contributed by atoms with E-state index >= 15 is 0 Å². The number of carbonyl (C=O) groups excluding carboxylic acids is 2. The number of ether oxygens (including phenoxy) is 4. The van der Waals surface area contributed by atoms with Gasteiger partial charge >= 0.3 is 6.09 Å². The molecule has 31 heavy (non-hydrogen) atoms. The van der Waals surface area contributed by atoms with Crippen molar-refractivity contribution in [1.82, 2.24) is 4.90 Å². The van der Waals surface area contributed by atoms with Crippen molar-refractivity contribution < 1.29 is 28.5 Å². The Morgan fingerprint density at radius 3 is 2.55 bits per heavy atom. The first-order valence-electron chi connectivity index (χ1n) is 10.5. The van der Waals surface area contributed by atoms with E-state index in [0.29, 0.717) is 37.6 Å². The highest BCUT2D eigenvalue weighted by Crippen LogP contribution is 2.36. The third-order valence-electron chi connectivity index (χ3n) is 5.32. The molecule has 1 amide bonds. The average molecular weight is 427 g/mol. The molecule has 0 atom stereocenters. The summed E-state index contributed by atoms with van der Waals surface area (Å²) in [4.78, 5) is 25.7. The molecule has 0 aliphatic carbocycles. The zero-order valence-electron chi connectivity index (χ0n) is 17.8. The fourth-order valence-corrected chi connectivity index (χ4v) is 3.64. The molecule has 0 spiro atoms. The molecule has 1 heterocycles. The minimum Gasteiger partial charge on any atom is -0.467 e. The van der Waals surface area contributed by atoms with Crippen molar-refractivity contribution in [3.63, 3.8) is 0 Å². The van der Waals surface area contributed by atoms with Crippen LogP contribution < -0.4 is 4.74 Å². The Bertz CT molecular complexity index is 833. The molecule has 1 aliphatic rings. The van der Waals surface area contributed by atoms with Crippen LogP contribution in [-0.2, 0) is 20.8 Å². The van der Waals surface area contributed by atoms with Gasteiger partial charge in [-0.25, -0.2) is 4.79 Å². The third kappa shape index (κ3) is 6.54. The van der Waals surface area contributed by atoms with Crippen molar-refractivity contribution in [2.75, 3.05) is 40.2 Å². The van der Waals surface area contributed by atoms with Crippen LogP contribution in [0.4, 0.5) is 4.79 Å². The van der Waals surface area contributed by atoms with Crippen LogP contribution in [0.15, 0.2) is 48.5 Å². The summed E-state index contributed by atoms with van der Waals surface area (Å²) in [7, 11) is 1.60. The first kappa shape index (κ1) is 22.8. The summed E-state index contributed by atoms with van der Waals surface area (Å²) < 4.78 is 21.6. The Hall–Kier alpha value is -2.90. The highest BCUT2D eigenvalue weighted by atomic mass is 16.7. The normalized spacial score (nSPS) is 14.3. The molecule has 1 aliphatic heterocycles. The fourth-order valence-electron chi connectivity index (χ4n) is 3.64. The van der Waals surface area contributed by atoms with Crippen LogP contribution in [0.25, 0.3) is 0 Å². The number of aldehydes is 1. The van der Waals surface area contributed by atoms with Crippen LogP contribution in [-0.4, -0.2) is 57.5 Å². The molecule has 1 saturated heterocycles. The molecule has 0 unspecified atom stereocenters. The van der Waals surface area contributed by atoms with Crippen molar-refractivity contribution in [3.8, 4) is 5.75 Å². The molecule has 7 heteroatoms. The molecule has 0 saturated carbocycles. The standard InChI is InChI=1S/C24H29NO6/c1-28-14-15-29-18-31-23-21(16-26)8-5-9-22(23)20-10-12-25(13-11-20)24(27)30-17-19-6-3-2-4-7-19/h2-9,16,20H,10-15,17-18H2,1H3. The summed E-state index contributed by atoms with van der Waals surface area (Å²) >= 11 is 0. The summed E-state index contributed by atoms with van der Waals surface area (Å²) in [6.45, 7) is 2.39. The van der Waals surface area contributed by atoms with Gasteiger partial charge in [0.15, 0.2) is 13.1 Å². The number of piperidine rings is 1. The zero-order chi connectivity index (χ0) is 21.9. The lowest BCUT2D eigenvalue weighted by Gasteiger charge is -2.32. The second kappa shape index (κ2) is 12.1. The van der Waals surface area contributed by atoms with Gasteiger partial charge in [0.2, 0.25) is 0 Å². The molecule has 2 aromatic rings. The van der Waals surface area contributed by atoms with Gasteiger partial charge in [0.1, 0.15) is 12.4 Å². The molecule has 0 N–H and O–H groups in total. The van der Waals surface area contributed by atoms with E-state index in [1.165, 1.54) is 0 Å². The number of para-hydroxylation sites is 1. The van der Waals surface area contributed by atoms with Gasteiger partial charge < -0.3 is 23.8 Å². The van der Waals surface area contributed by atoms with Crippen molar-refractivity contribution in [1.29, 1.82) is 0 Å². The second-order valence-corrected chi connectivity index (χ2v) is 7.35. The molecular weight excluding hydrogens is 398 g/mol. The number of hydrogen-bond acceptors (Lipinski definition) is 6. The number of carbonyl (C=O) groups is 2. The van der Waals surface area contributed by atoms with Gasteiger partial charge in [0, 0.05) is 20.2 Å². The fraction of sp³-hybridized carbons (Fsp3) is 0.417. The van der Waals surface area contributed by atoms with Gasteiger partial charge in [-0.05, 0) is 36.0 Å². The molecule has 7 nitrogen and oxygen atoms in total. The Morgan fingerprint density at radius 2 is 1.84 bits per heavy atom. The summed E-state index contributed by atoms with van der Waals surface area (Å²) in [5.74, 6) is 0.743. The van der Waals surface area contributed by atoms with E-state index in [-0.39, 0.29) is 25.4 Å². The predicted molar refractivity (Wildman–Crippen MR) is 115 cm³/mol. The van der Waals surface area contributed by atoms with E-state index in [1.54, 1.807) is 18.1 Å². The van der Waals surface area contributed by atoms with Crippen LogP contribution >= 0.6 is 0 Å². The lowest BCUT2D eigenvalue weighted by Crippen LogP contribution is -2.38. The van der Waals surface area contributed by atoms with Crippen molar-refractivity contribution in [2.24, 2.45) is 0 Å². The number of likely N-dealkylation sites (tertiary alicyclic amines) is 1. The lowest BCUT2D eigenvalue weighted by molar-refractivity contribution is -0.00933. The minimum absolute atomic E-state index is 0.0475. The Morgan fingerprint density at radius 1 is 1.06 bits per heavy atom. The predicted octanol–water partition coefficient (Wildman–Crippen LogP) is 4.01. The van der Waals surface area contributed by atoms with Gasteiger partial charge in [-0.15, -0.1) is 0 Å². The zero-order valence-corrected chi connectivity index (χ0v) is 17.8. The summed E-state index contributed by atoms with van der Waals surface area (Å²) in [5.41, 5.74) is 2.43. The third-order valence-corrected chi connectivity index (χ3v) is 5.32. The summed E-state index contributed by atoms with van der Waals surface area (Å²) in [6, 6.07) is 15.2. The van der Waals surface area contributed by atoms with E-state index in [4.69, 9.17) is 18.9 Å². The van der Waals surface area contributed by atoms with Crippen LogP contribution in [0, 0.1) is 0 Å². The molecule has 1 fully saturated rings. The summed E-state index contributed by atoms with van der Waals surface area (Å²) in [5, 5.41) is 0. The van der Waals surface area contributed by atoms with E-state index in [1.807, 2.05) is 42.5 Å². The largest absolute Gasteiger partial charge is 0.467 e. The van der Waals surface area contributed by atoms with Crippen molar-refractivity contribution in [3.05, 3.63) is 65.2 Å². The highest BCUT2D eigenvalue weighted by molar-refractivity contribution is 5.80. The smallest absolute Gasteiger partial charge is 0.410 e. The van der Waals surface area contributed by atoms with E-state index in [0.717, 1.165) is 30.3 Å². The van der Waals surface area contributed by atoms with Crippen molar-refractivity contribution >= 4 is 12.4 Å². The van der Waals surface area contributed by atoms with Crippen LogP contribution in [0.1, 0.15) is 40.2 Å². The number of rotatable bonds is 10. The van der Waals surface area contributed by atoms with Gasteiger partial charge in [-0.3, -0.25) is 4.79 Å². The maximum Gasteiger partial charge on any atom is 0.410 e. The molecule has 0 radical (unpaired) electrons. The SMILES string of the molecule is COCCOCOc1c(C=O)cccc1C1CCN(C(=O)OCc2ccccc2)CC1. The van der Waals surface area contributed by atoms with Gasteiger partial charge in [-0.1, -0.05) is 42.5 Å². The Labute approximate surface area is 182 Å². The molecule has 3 rings (SSSR count). The maximum atomic E-state index is 12.4. The number of nitrogens with zero attached hydrogens (tertiary/aromatic N) is 1. The first-order valence-corrected chi connectivity index (χ1v) is 10.5. The van der Waals surface area contributed by atoms with E-state index in [2.05, 4.69) is 0 Å². The summed E-state index contributed by atoms with van der Waals surface area (Å²) in [6.07, 6.45) is 2.03. The lowest BCUT2D eigenvalue weighted by atomic mass is 9.88. The average Bonchev–Trinajstić information content (AvgIpc) is 2.83. The number of methoxy groups -OCH3 is 1. The quantitative estimate of drug-likeness (QED) is 0.324. The monoisotopic (exact) mass is 427 g/mol. The van der Waals surface area contributed by atoms with Gasteiger partial charge in [0.05, 0.1) is 18.8 Å². The maximum absolute atomic E-state index is 12.4. The highest BCUT2D eigenvalue weighted by Gasteiger charge is 2.27. The molecule has 2 aromatic carbocycles. The number of hydrogen-bond donors (Lipinski definition) is 0. The van der Waals surface area contributed by atoms with Gasteiger partial charge in [0.25, 0.3) is 0 Å². The molecule has 0 bridgehead atoms. The van der Waals surface area contributed by atoms with Gasteiger partial charge in [-0.2, -0.15) is 0 Å². The molecule has 0 aromatic heterocycles. The first-order chi connectivity index (χ1) is 15.2. The van der Waals surface area contributed by atoms with Crippen LogP contribution in [0.2, 0.25) is 0 Å². The van der Waals surface area contributed by atoms with Crippen LogP contribution in [0.3, 0.4) is 0 Å². The molecule has 166 valence electrons. The van der Waals surface area contributed by atoms with Crippen molar-refractivity contribution in [2.45, 2.75) is 25.4 Å². The molecular formula is C24H29NO6. The number of benzene rings is 2. The Kier molecular flexibility index (Phi) is 8.87. The Balaban J connectivity index is 1.55. The number of amides is 1. The van der Waals surface area contributed by atoms with Crippen LogP contribution in [0.5, 0.6) is 5.75 Å². The van der Waals surface area contributed by atoms with E-state index < -0.39 is 0 Å². The van der Waals surface area contributed by atoms with E-state index in [9.17, 15) is 9.59 Å². The minimum atomic E-state index is -0.299. The topological polar surface area (TPSA) is 74.3 Å². The second-order valence-electron chi connectivity index (χ2n) is 7.35.